The van der Waals surface area contributed by atoms with Crippen molar-refractivity contribution in [3.05, 3.63) is 71.9 Å². The van der Waals surface area contributed by atoms with Gasteiger partial charge in [-0.1, -0.05) is 6.07 Å². The summed E-state index contributed by atoms with van der Waals surface area (Å²) in [7, 11) is 1.32. The van der Waals surface area contributed by atoms with Crippen LogP contribution < -0.4 is 0 Å². The summed E-state index contributed by atoms with van der Waals surface area (Å²) in [6.45, 7) is 1.83. The molecule has 0 amide bonds. The lowest BCUT2D eigenvalue weighted by Crippen LogP contribution is -2.04. The maximum absolute atomic E-state index is 13.6. The van der Waals surface area contributed by atoms with Crippen molar-refractivity contribution in [3.8, 4) is 16.9 Å². The summed E-state index contributed by atoms with van der Waals surface area (Å²) < 4.78 is 24.0. The van der Waals surface area contributed by atoms with Gasteiger partial charge in [0.25, 0.3) is 0 Å². The number of benzene rings is 2. The van der Waals surface area contributed by atoms with Gasteiger partial charge in [0.05, 0.1) is 35.8 Å². The molecule has 5 aromatic rings. The lowest BCUT2D eigenvalue weighted by atomic mass is 10.0. The van der Waals surface area contributed by atoms with Crippen molar-refractivity contribution in [3.63, 3.8) is 0 Å². The van der Waals surface area contributed by atoms with Crippen LogP contribution in [-0.4, -0.2) is 33.1 Å². The van der Waals surface area contributed by atoms with E-state index in [1.807, 2.05) is 6.92 Å². The van der Waals surface area contributed by atoms with E-state index in [-0.39, 0.29) is 0 Å². The van der Waals surface area contributed by atoms with E-state index < -0.39 is 11.8 Å². The van der Waals surface area contributed by atoms with E-state index in [0.29, 0.717) is 44.6 Å². The van der Waals surface area contributed by atoms with Crippen LogP contribution in [0.4, 0.5) is 4.39 Å². The Morgan fingerprint density at radius 3 is 2.67 bits per heavy atom. The summed E-state index contributed by atoms with van der Waals surface area (Å²) in [6.07, 6.45) is 1.57. The molecule has 148 valence electrons. The summed E-state index contributed by atoms with van der Waals surface area (Å²) in [6, 6.07) is 13.0. The largest absolute Gasteiger partial charge is 0.469 e. The van der Waals surface area contributed by atoms with Gasteiger partial charge in [-0.2, -0.15) is 4.80 Å². The molecule has 5 rings (SSSR count). The topological polar surface area (TPSA) is 83.0 Å². The predicted molar refractivity (Wildman–Crippen MR) is 108 cm³/mol. The number of rotatable bonds is 3. The van der Waals surface area contributed by atoms with Gasteiger partial charge in [-0.3, -0.25) is 0 Å². The van der Waals surface area contributed by atoms with Crippen molar-refractivity contribution < 1.29 is 18.3 Å². The number of fused-ring (bicyclic) bond motifs is 3. The van der Waals surface area contributed by atoms with Gasteiger partial charge >= 0.3 is 5.97 Å². The minimum absolute atomic E-state index is 0.315. The van der Waals surface area contributed by atoms with Crippen LogP contribution in [0.3, 0.4) is 0 Å². The number of pyridine rings is 1. The lowest BCUT2D eigenvalue weighted by molar-refractivity contribution is 0.0603. The maximum atomic E-state index is 13.6. The predicted octanol–water partition coefficient (Wildman–Crippen LogP) is 4.46. The minimum Gasteiger partial charge on any atom is -0.469 e. The lowest BCUT2D eigenvalue weighted by Gasteiger charge is -2.08. The van der Waals surface area contributed by atoms with Gasteiger partial charge in [-0.25, -0.2) is 14.2 Å². The van der Waals surface area contributed by atoms with Crippen LogP contribution >= 0.6 is 0 Å². The van der Waals surface area contributed by atoms with Crippen LogP contribution in [0.5, 0.6) is 0 Å². The quantitative estimate of drug-likeness (QED) is 0.414. The average Bonchev–Trinajstić information content (AvgIpc) is 3.38. The summed E-state index contributed by atoms with van der Waals surface area (Å²) in [5.41, 5.74) is 3.74. The van der Waals surface area contributed by atoms with E-state index in [4.69, 9.17) is 14.1 Å². The molecule has 0 aliphatic heterocycles. The number of hydrogen-bond donors (Lipinski definition) is 0. The van der Waals surface area contributed by atoms with Crippen LogP contribution in [0.2, 0.25) is 0 Å². The molecule has 0 N–H and O–H groups in total. The summed E-state index contributed by atoms with van der Waals surface area (Å²) >= 11 is 0. The Labute approximate surface area is 169 Å². The van der Waals surface area contributed by atoms with Crippen molar-refractivity contribution in [2.75, 3.05) is 7.11 Å². The smallest absolute Gasteiger partial charge is 0.338 e. The third kappa shape index (κ3) is 2.81. The first-order chi connectivity index (χ1) is 14.5. The number of aromatic nitrogens is 4. The Bertz CT molecular complexity index is 1440. The van der Waals surface area contributed by atoms with Crippen molar-refractivity contribution in [2.24, 2.45) is 0 Å². The molecule has 8 heteroatoms. The number of furan rings is 1. The molecule has 0 radical (unpaired) electrons. The first-order valence-corrected chi connectivity index (χ1v) is 9.14. The molecule has 3 heterocycles. The molecule has 0 atom stereocenters. The van der Waals surface area contributed by atoms with E-state index in [1.165, 1.54) is 24.0 Å². The molecule has 0 unspecified atom stereocenters. The third-order valence-electron chi connectivity index (χ3n) is 4.90. The zero-order valence-electron chi connectivity index (χ0n) is 16.1. The van der Waals surface area contributed by atoms with Gasteiger partial charge in [0.15, 0.2) is 0 Å². The Kier molecular flexibility index (Phi) is 4.06. The van der Waals surface area contributed by atoms with Gasteiger partial charge in [0.1, 0.15) is 22.6 Å². The fourth-order valence-electron chi connectivity index (χ4n) is 3.48. The number of carbonyl (C=O) groups excluding carboxylic acids is 1. The summed E-state index contributed by atoms with van der Waals surface area (Å²) in [5, 5.41) is 9.46. The molecule has 0 aliphatic rings. The molecule has 3 aromatic heterocycles. The van der Waals surface area contributed by atoms with Crippen molar-refractivity contribution in [1.82, 2.24) is 20.0 Å². The van der Waals surface area contributed by atoms with Gasteiger partial charge in [-0.05, 0) is 43.3 Å². The molecule has 2 aromatic carbocycles. The second kappa shape index (κ2) is 6.77. The van der Waals surface area contributed by atoms with Gasteiger partial charge in [0.2, 0.25) is 0 Å². The van der Waals surface area contributed by atoms with Crippen LogP contribution in [0.25, 0.3) is 38.9 Å². The molecule has 30 heavy (non-hydrogen) atoms. The standard InChI is InChI=1S/C22H15FN4O3/c1-12-15(8-9-30-12)19-11-16(22(28)29-2)20-17(24-19)6-7-18-21(20)26-27(25-18)14-5-3-4-13(23)10-14/h3-11H,1-2H3. The Hall–Kier alpha value is -4.07. The number of methoxy groups -OCH3 is 1. The molecule has 0 spiro atoms. The number of aryl methyl sites for hydroxylation is 1. The molecule has 0 saturated heterocycles. The fourth-order valence-corrected chi connectivity index (χ4v) is 3.48. The van der Waals surface area contributed by atoms with Gasteiger partial charge in [0, 0.05) is 17.0 Å². The zero-order chi connectivity index (χ0) is 20.8. The van der Waals surface area contributed by atoms with Crippen LogP contribution in [0, 0.1) is 12.7 Å². The van der Waals surface area contributed by atoms with E-state index in [1.54, 1.807) is 42.7 Å². The summed E-state index contributed by atoms with van der Waals surface area (Å²) in [4.78, 5) is 18.7. The second-order valence-corrected chi connectivity index (χ2v) is 6.73. The van der Waals surface area contributed by atoms with Crippen molar-refractivity contribution in [1.29, 1.82) is 0 Å². The van der Waals surface area contributed by atoms with Crippen molar-refractivity contribution >= 4 is 27.9 Å². The minimum atomic E-state index is -0.516. The number of esters is 1. The Morgan fingerprint density at radius 2 is 1.93 bits per heavy atom. The molecular weight excluding hydrogens is 387 g/mol. The van der Waals surface area contributed by atoms with Gasteiger partial charge < -0.3 is 9.15 Å². The van der Waals surface area contributed by atoms with E-state index >= 15 is 0 Å². The second-order valence-electron chi connectivity index (χ2n) is 6.73. The fraction of sp³-hybridized carbons (Fsp3) is 0.0909. The first-order valence-electron chi connectivity index (χ1n) is 9.14. The van der Waals surface area contributed by atoms with E-state index in [0.717, 1.165) is 5.56 Å². The third-order valence-corrected chi connectivity index (χ3v) is 4.90. The molecule has 0 saturated carbocycles. The van der Waals surface area contributed by atoms with Gasteiger partial charge in [-0.15, -0.1) is 10.2 Å². The van der Waals surface area contributed by atoms with Crippen LogP contribution in [-0.2, 0) is 4.74 Å². The highest BCUT2D eigenvalue weighted by molar-refractivity contribution is 6.14. The highest BCUT2D eigenvalue weighted by Gasteiger charge is 2.20. The number of nitrogens with zero attached hydrogens (tertiary/aromatic N) is 4. The molecule has 0 fully saturated rings. The summed E-state index contributed by atoms with van der Waals surface area (Å²) in [5.74, 6) is -0.218. The molecular formula is C22H15FN4O3. The molecule has 0 bridgehead atoms. The zero-order valence-corrected chi connectivity index (χ0v) is 16.1. The molecule has 0 aliphatic carbocycles. The average molecular weight is 402 g/mol. The highest BCUT2D eigenvalue weighted by Crippen LogP contribution is 2.31. The van der Waals surface area contributed by atoms with Crippen LogP contribution in [0.15, 0.2) is 59.2 Å². The van der Waals surface area contributed by atoms with E-state index in [2.05, 4.69) is 10.2 Å². The normalized spacial score (nSPS) is 11.3. The monoisotopic (exact) mass is 402 g/mol. The first kappa shape index (κ1) is 18.0. The molecule has 7 nitrogen and oxygen atoms in total. The Balaban J connectivity index is 1.81. The number of hydrogen-bond acceptors (Lipinski definition) is 6. The SMILES string of the molecule is COC(=O)c1cc(-c2ccoc2C)nc2ccc3nn(-c4cccc(F)c4)nc3c12. The number of carbonyl (C=O) groups is 1. The maximum Gasteiger partial charge on any atom is 0.338 e. The van der Waals surface area contributed by atoms with Crippen LogP contribution in [0.1, 0.15) is 16.1 Å². The number of ether oxygens (including phenoxy) is 1. The van der Waals surface area contributed by atoms with Crippen molar-refractivity contribution in [2.45, 2.75) is 6.92 Å². The number of halogens is 1. The van der Waals surface area contributed by atoms with E-state index in [9.17, 15) is 9.18 Å². The highest BCUT2D eigenvalue weighted by atomic mass is 19.1. The Morgan fingerprint density at radius 1 is 1.10 bits per heavy atom.